The monoisotopic (exact) mass is 384 g/mol. The maximum atomic E-state index is 12.7. The van der Waals surface area contributed by atoms with Gasteiger partial charge in [-0.25, -0.2) is 0 Å². The van der Waals surface area contributed by atoms with E-state index < -0.39 is 0 Å². The van der Waals surface area contributed by atoms with Crippen LogP contribution in [0.25, 0.3) is 0 Å². The van der Waals surface area contributed by atoms with Crippen LogP contribution in [0.1, 0.15) is 75.0 Å². The molecule has 0 spiro atoms. The normalized spacial score (nSPS) is 23.5. The quantitative estimate of drug-likeness (QED) is 0.759. The molecule has 154 valence electrons. The summed E-state index contributed by atoms with van der Waals surface area (Å²) in [6, 6.07) is 8.82. The van der Waals surface area contributed by atoms with Crippen molar-refractivity contribution in [2.75, 3.05) is 19.6 Å². The van der Waals surface area contributed by atoms with Gasteiger partial charge in [-0.3, -0.25) is 9.69 Å². The molecule has 1 aromatic rings. The average molecular weight is 385 g/mol. The van der Waals surface area contributed by atoms with Gasteiger partial charge in [-0.2, -0.15) is 0 Å². The van der Waals surface area contributed by atoms with Gasteiger partial charge in [0.15, 0.2) is 0 Å². The van der Waals surface area contributed by atoms with Crippen LogP contribution in [0.15, 0.2) is 24.3 Å². The number of nitrogens with one attached hydrogen (secondary N) is 1. The molecule has 3 fully saturated rings. The molecule has 2 saturated carbocycles. The molecule has 0 bridgehead atoms. The molecule has 1 aliphatic heterocycles. The summed E-state index contributed by atoms with van der Waals surface area (Å²) >= 11 is 0. The first-order valence-corrected chi connectivity index (χ1v) is 11.4. The molecule has 0 radical (unpaired) electrons. The second-order valence-electron chi connectivity index (χ2n) is 9.16. The van der Waals surface area contributed by atoms with E-state index in [4.69, 9.17) is 4.74 Å². The van der Waals surface area contributed by atoms with E-state index in [-0.39, 0.29) is 11.9 Å². The first-order chi connectivity index (χ1) is 13.7. The van der Waals surface area contributed by atoms with Crippen molar-refractivity contribution in [2.45, 2.75) is 83.0 Å². The van der Waals surface area contributed by atoms with E-state index in [0.717, 1.165) is 25.9 Å². The summed E-state index contributed by atoms with van der Waals surface area (Å²) in [7, 11) is 0. The first-order valence-electron chi connectivity index (χ1n) is 11.4. The van der Waals surface area contributed by atoms with Crippen molar-refractivity contribution in [3.8, 4) is 0 Å². The van der Waals surface area contributed by atoms with E-state index in [0.29, 0.717) is 24.7 Å². The zero-order chi connectivity index (χ0) is 19.3. The van der Waals surface area contributed by atoms with E-state index in [1.54, 1.807) is 0 Å². The largest absolute Gasteiger partial charge is 0.375 e. The number of likely N-dealkylation sites (tertiary alicyclic amines) is 1. The Balaban J connectivity index is 1.22. The second-order valence-corrected chi connectivity index (χ2v) is 9.16. The maximum Gasteiger partial charge on any atom is 0.234 e. The number of hydrogen-bond acceptors (Lipinski definition) is 3. The Kier molecular flexibility index (Phi) is 6.69. The Morgan fingerprint density at radius 3 is 2.29 bits per heavy atom. The van der Waals surface area contributed by atoms with Crippen LogP contribution in [0.4, 0.5) is 0 Å². The number of ether oxygens (including phenoxy) is 1. The molecule has 1 atom stereocenters. The maximum absolute atomic E-state index is 12.7. The standard InChI is InChI=1S/C24H36N2O2/c1-18-7-9-19(10-8-18)24(20-11-12-20)25-23(27)17-26-15-13-22(14-16-26)28-21-5-3-2-4-6-21/h7-10,20-22,24H,2-6,11-17H2,1H3,(H,25,27). The molecule has 4 rings (SSSR count). The molecule has 4 nitrogen and oxygen atoms in total. The van der Waals surface area contributed by atoms with Crippen molar-refractivity contribution >= 4 is 5.91 Å². The van der Waals surface area contributed by atoms with Crippen molar-refractivity contribution in [2.24, 2.45) is 5.92 Å². The molecular weight excluding hydrogens is 348 g/mol. The van der Waals surface area contributed by atoms with Crippen LogP contribution < -0.4 is 5.32 Å². The van der Waals surface area contributed by atoms with Crippen molar-refractivity contribution in [1.82, 2.24) is 10.2 Å². The van der Waals surface area contributed by atoms with Gasteiger partial charge in [0.05, 0.1) is 24.8 Å². The number of rotatable bonds is 7. The Hall–Kier alpha value is -1.39. The van der Waals surface area contributed by atoms with Crippen LogP contribution >= 0.6 is 0 Å². The molecule has 4 heteroatoms. The third-order valence-electron chi connectivity index (χ3n) is 6.69. The Morgan fingerprint density at radius 1 is 1.00 bits per heavy atom. The highest BCUT2D eigenvalue weighted by Gasteiger charge is 2.34. The number of carbonyl (C=O) groups is 1. The first kappa shape index (κ1) is 19.9. The number of benzene rings is 1. The molecule has 28 heavy (non-hydrogen) atoms. The van der Waals surface area contributed by atoms with Crippen molar-refractivity contribution < 1.29 is 9.53 Å². The zero-order valence-corrected chi connectivity index (χ0v) is 17.4. The lowest BCUT2D eigenvalue weighted by Crippen LogP contribution is -2.44. The fourth-order valence-electron chi connectivity index (χ4n) is 4.78. The zero-order valence-electron chi connectivity index (χ0n) is 17.4. The number of aryl methyl sites for hydroxylation is 1. The minimum atomic E-state index is 0.170. The molecule has 0 aromatic heterocycles. The summed E-state index contributed by atoms with van der Waals surface area (Å²) < 4.78 is 6.33. The summed E-state index contributed by atoms with van der Waals surface area (Å²) in [6.45, 7) is 4.58. The third-order valence-corrected chi connectivity index (χ3v) is 6.69. The van der Waals surface area contributed by atoms with Gasteiger partial charge in [-0.1, -0.05) is 49.1 Å². The minimum absolute atomic E-state index is 0.170. The van der Waals surface area contributed by atoms with Crippen LogP contribution in [0.5, 0.6) is 0 Å². The van der Waals surface area contributed by atoms with Gasteiger partial charge in [-0.15, -0.1) is 0 Å². The minimum Gasteiger partial charge on any atom is -0.375 e. The van der Waals surface area contributed by atoms with E-state index in [2.05, 4.69) is 41.4 Å². The number of carbonyl (C=O) groups excluding carboxylic acids is 1. The molecule has 1 N–H and O–H groups in total. The third kappa shape index (κ3) is 5.57. The predicted molar refractivity (Wildman–Crippen MR) is 112 cm³/mol. The lowest BCUT2D eigenvalue weighted by Gasteiger charge is -2.34. The van der Waals surface area contributed by atoms with E-state index in [1.165, 1.54) is 56.1 Å². The van der Waals surface area contributed by atoms with Crippen LogP contribution in [0, 0.1) is 12.8 Å². The Bertz CT molecular complexity index is 627. The van der Waals surface area contributed by atoms with Crippen molar-refractivity contribution in [3.05, 3.63) is 35.4 Å². The van der Waals surface area contributed by atoms with Gasteiger partial charge in [0.1, 0.15) is 0 Å². The van der Waals surface area contributed by atoms with Gasteiger partial charge in [-0.05, 0) is 56.9 Å². The van der Waals surface area contributed by atoms with E-state index >= 15 is 0 Å². The highest BCUT2D eigenvalue weighted by Crippen LogP contribution is 2.41. The molecule has 1 unspecified atom stereocenters. The van der Waals surface area contributed by atoms with Crippen molar-refractivity contribution in [1.29, 1.82) is 0 Å². The number of amides is 1. The lowest BCUT2D eigenvalue weighted by atomic mass is 9.97. The Labute approximate surface area is 170 Å². The van der Waals surface area contributed by atoms with Gasteiger partial charge < -0.3 is 10.1 Å². The summed E-state index contributed by atoms with van der Waals surface area (Å²) in [5.74, 6) is 0.783. The summed E-state index contributed by atoms with van der Waals surface area (Å²) in [4.78, 5) is 15.0. The van der Waals surface area contributed by atoms with Crippen LogP contribution in [0.2, 0.25) is 0 Å². The van der Waals surface area contributed by atoms with E-state index in [1.807, 2.05) is 0 Å². The molecule has 1 heterocycles. The van der Waals surface area contributed by atoms with Crippen molar-refractivity contribution in [3.63, 3.8) is 0 Å². The summed E-state index contributed by atoms with van der Waals surface area (Å²) in [6.07, 6.45) is 12.0. The van der Waals surface area contributed by atoms with Gasteiger partial charge in [0.2, 0.25) is 5.91 Å². The number of piperidine rings is 1. The predicted octanol–water partition coefficient (Wildman–Crippen LogP) is 4.38. The Morgan fingerprint density at radius 2 is 1.64 bits per heavy atom. The van der Waals surface area contributed by atoms with Gasteiger partial charge >= 0.3 is 0 Å². The summed E-state index contributed by atoms with van der Waals surface area (Å²) in [5, 5.41) is 3.33. The lowest BCUT2D eigenvalue weighted by molar-refractivity contribution is -0.124. The van der Waals surface area contributed by atoms with E-state index in [9.17, 15) is 4.79 Å². The van der Waals surface area contributed by atoms with Crippen LogP contribution in [0.3, 0.4) is 0 Å². The molecule has 1 aromatic carbocycles. The fourth-order valence-corrected chi connectivity index (χ4v) is 4.78. The highest BCUT2D eigenvalue weighted by molar-refractivity contribution is 5.78. The second kappa shape index (κ2) is 9.41. The van der Waals surface area contributed by atoms with Gasteiger partial charge in [0.25, 0.3) is 0 Å². The summed E-state index contributed by atoms with van der Waals surface area (Å²) in [5.41, 5.74) is 2.52. The molecule has 3 aliphatic rings. The smallest absolute Gasteiger partial charge is 0.234 e. The SMILES string of the molecule is Cc1ccc(C(NC(=O)CN2CCC(OC3CCCCC3)CC2)C2CC2)cc1. The topological polar surface area (TPSA) is 41.6 Å². The average Bonchev–Trinajstić information content (AvgIpc) is 3.54. The molecule has 2 aliphatic carbocycles. The number of nitrogens with zero attached hydrogens (tertiary/aromatic N) is 1. The fraction of sp³-hybridized carbons (Fsp3) is 0.708. The molecule has 1 saturated heterocycles. The van der Waals surface area contributed by atoms with Gasteiger partial charge in [0, 0.05) is 13.1 Å². The highest BCUT2D eigenvalue weighted by atomic mass is 16.5. The van der Waals surface area contributed by atoms with Crippen LogP contribution in [-0.4, -0.2) is 42.6 Å². The van der Waals surface area contributed by atoms with Crippen LogP contribution in [-0.2, 0) is 9.53 Å². The molecule has 1 amide bonds. The number of hydrogen-bond donors (Lipinski definition) is 1. The molecular formula is C24H36N2O2.